The van der Waals surface area contributed by atoms with Gasteiger partial charge in [0.2, 0.25) is 0 Å². The molecule has 9 nitrogen and oxygen atoms in total. The molecule has 0 aliphatic rings. The third-order valence-electron chi connectivity index (χ3n) is 10.1. The Kier molecular flexibility index (Phi) is 46.1. The number of rotatable bonds is 45. The first kappa shape index (κ1) is 64.2. The minimum absolute atomic E-state index is 0.124. The number of esters is 2. The topological polar surface area (TPSA) is 111 Å². The molecule has 9 heteroatoms. The van der Waals surface area contributed by atoms with Crippen LogP contribution in [0, 0.1) is 0 Å². The number of unbranched alkanes of at least 4 members (excludes halogenated alkanes) is 6. The molecule has 0 radical (unpaired) electrons. The van der Waals surface area contributed by atoms with Crippen LogP contribution in [0.15, 0.2) is 146 Å². The summed E-state index contributed by atoms with van der Waals surface area (Å²) in [6.45, 7) is 4.39. The number of aliphatic carboxylic acids is 1. The van der Waals surface area contributed by atoms with Crippen LogP contribution in [0.3, 0.4) is 0 Å². The van der Waals surface area contributed by atoms with Gasteiger partial charge >= 0.3 is 11.9 Å². The van der Waals surface area contributed by atoms with Crippen LogP contribution in [0.4, 0.5) is 0 Å². The maximum atomic E-state index is 12.8. The summed E-state index contributed by atoms with van der Waals surface area (Å²) in [6.07, 6.45) is 69.0. The average Bonchev–Trinajstić information content (AvgIpc) is 3.31. The highest BCUT2D eigenvalue weighted by Gasteiger charge is 2.21. The number of quaternary nitrogens is 1. The second-order valence-corrected chi connectivity index (χ2v) is 17.7. The number of carboxylic acids is 1. The Bertz CT molecular complexity index is 1630. The van der Waals surface area contributed by atoms with E-state index in [2.05, 4.69) is 154 Å². The van der Waals surface area contributed by atoms with E-state index in [1.165, 1.54) is 0 Å². The first-order chi connectivity index (χ1) is 33.6. The van der Waals surface area contributed by atoms with Gasteiger partial charge in [-0.25, -0.2) is 0 Å². The van der Waals surface area contributed by atoms with Gasteiger partial charge in [-0.05, 0) is 109 Å². The lowest BCUT2D eigenvalue weighted by atomic mass is 10.1. The number of hydrogen-bond donors (Lipinski definition) is 0. The van der Waals surface area contributed by atoms with Crippen molar-refractivity contribution in [2.75, 3.05) is 47.5 Å². The van der Waals surface area contributed by atoms with E-state index in [1.54, 1.807) is 0 Å². The molecule has 0 aromatic carbocycles. The van der Waals surface area contributed by atoms with Crippen molar-refractivity contribution in [2.24, 2.45) is 0 Å². The molecule has 0 saturated heterocycles. The van der Waals surface area contributed by atoms with Crippen LogP contribution in [0.5, 0.6) is 0 Å². The summed E-state index contributed by atoms with van der Waals surface area (Å²) in [4.78, 5) is 37.1. The van der Waals surface area contributed by atoms with Crippen LogP contribution in [0.25, 0.3) is 0 Å². The average molecular weight is 956 g/mol. The van der Waals surface area contributed by atoms with Gasteiger partial charge in [0.25, 0.3) is 0 Å². The molecule has 69 heavy (non-hydrogen) atoms. The van der Waals surface area contributed by atoms with Crippen LogP contribution in [0.2, 0.25) is 0 Å². The smallest absolute Gasteiger partial charge is 0.306 e. The molecule has 386 valence electrons. The van der Waals surface area contributed by atoms with Gasteiger partial charge < -0.3 is 33.3 Å². The molecule has 0 fully saturated rings. The van der Waals surface area contributed by atoms with E-state index in [0.717, 1.165) is 109 Å². The monoisotopic (exact) mass is 956 g/mol. The van der Waals surface area contributed by atoms with Crippen molar-refractivity contribution < 1.29 is 42.9 Å². The van der Waals surface area contributed by atoms with E-state index in [1.807, 2.05) is 27.2 Å². The Labute approximate surface area is 420 Å². The van der Waals surface area contributed by atoms with Gasteiger partial charge in [-0.2, -0.15) is 0 Å². The third kappa shape index (κ3) is 50.9. The van der Waals surface area contributed by atoms with Crippen LogP contribution in [-0.2, 0) is 33.3 Å². The zero-order valence-corrected chi connectivity index (χ0v) is 43.6. The zero-order valence-electron chi connectivity index (χ0n) is 43.6. The van der Waals surface area contributed by atoms with Crippen LogP contribution < -0.4 is 5.11 Å². The summed E-state index contributed by atoms with van der Waals surface area (Å²) in [5.74, 6) is -2.41. The van der Waals surface area contributed by atoms with Gasteiger partial charge in [0.05, 0.1) is 40.3 Å². The maximum Gasteiger partial charge on any atom is 0.306 e. The van der Waals surface area contributed by atoms with Crippen LogP contribution in [0.1, 0.15) is 155 Å². The van der Waals surface area contributed by atoms with Gasteiger partial charge in [0.15, 0.2) is 12.4 Å². The molecule has 0 amide bonds. The molecule has 0 aliphatic heterocycles. The number of ether oxygens (including phenoxy) is 4. The van der Waals surface area contributed by atoms with E-state index >= 15 is 0 Å². The number of allylic oxidation sites excluding steroid dienone is 24. The van der Waals surface area contributed by atoms with Crippen molar-refractivity contribution in [3.63, 3.8) is 0 Å². The second kappa shape index (κ2) is 49.6. The number of carbonyl (C=O) groups is 3. The Morgan fingerprint density at radius 1 is 0.435 bits per heavy atom. The SMILES string of the molecule is CC/C=C\C/C=C\C/C=C\C/C=C\C/C=C\C/C=C\C/C=C\C/C=C\C/C=C\CCCC(=O)OC(COC(=O)CCCCCCC/C=C\C/C=C\C/C=C\CC)COC(OCC[N+](C)(C)C)C(=O)[O-]. The summed E-state index contributed by atoms with van der Waals surface area (Å²) < 4.78 is 22.5. The van der Waals surface area contributed by atoms with Gasteiger partial charge in [-0.1, -0.05) is 179 Å². The number of nitrogens with zero attached hydrogens (tertiary/aromatic N) is 1. The molecule has 0 N–H and O–H groups in total. The molecule has 0 aromatic rings. The van der Waals surface area contributed by atoms with E-state index in [4.69, 9.17) is 18.9 Å². The normalized spacial score (nSPS) is 14.0. The molecular weight excluding hydrogens is 863 g/mol. The number of carboxylic acid groups (broad SMARTS) is 1. The highest BCUT2D eigenvalue weighted by atomic mass is 16.7. The molecule has 2 atom stereocenters. The molecular formula is C60H93NO8. The lowest BCUT2D eigenvalue weighted by Gasteiger charge is -2.26. The molecule has 2 unspecified atom stereocenters. The number of carbonyl (C=O) groups excluding carboxylic acids is 3. The fourth-order valence-electron chi connectivity index (χ4n) is 6.14. The quantitative estimate of drug-likeness (QED) is 0.0195. The fourth-order valence-corrected chi connectivity index (χ4v) is 6.14. The van der Waals surface area contributed by atoms with Crippen molar-refractivity contribution in [1.82, 2.24) is 0 Å². The zero-order chi connectivity index (χ0) is 50.6. The molecule has 0 bridgehead atoms. The van der Waals surface area contributed by atoms with Gasteiger partial charge in [0.1, 0.15) is 13.2 Å². The van der Waals surface area contributed by atoms with Crippen molar-refractivity contribution in [1.29, 1.82) is 0 Å². The summed E-state index contributed by atoms with van der Waals surface area (Å²) in [5, 5.41) is 11.7. The largest absolute Gasteiger partial charge is 0.545 e. The fraction of sp³-hybridized carbons (Fsp3) is 0.550. The molecule has 0 rings (SSSR count). The van der Waals surface area contributed by atoms with E-state index < -0.39 is 30.3 Å². The van der Waals surface area contributed by atoms with Crippen molar-refractivity contribution >= 4 is 17.9 Å². The Morgan fingerprint density at radius 3 is 1.20 bits per heavy atom. The molecule has 0 aromatic heterocycles. The first-order valence-electron chi connectivity index (χ1n) is 26.0. The molecule has 0 heterocycles. The van der Waals surface area contributed by atoms with Crippen LogP contribution in [-0.4, -0.2) is 82.3 Å². The first-order valence-corrected chi connectivity index (χ1v) is 26.0. The van der Waals surface area contributed by atoms with Gasteiger partial charge in [0, 0.05) is 12.8 Å². The van der Waals surface area contributed by atoms with Gasteiger partial charge in [-0.15, -0.1) is 0 Å². The predicted octanol–water partition coefficient (Wildman–Crippen LogP) is 13.6. The number of likely N-dealkylation sites (N-methyl/N-ethyl adjacent to an activating group) is 1. The highest BCUT2D eigenvalue weighted by molar-refractivity contribution is 5.70. The number of hydrogen-bond acceptors (Lipinski definition) is 8. The highest BCUT2D eigenvalue weighted by Crippen LogP contribution is 2.11. The summed E-state index contributed by atoms with van der Waals surface area (Å²) in [7, 11) is 5.87. The van der Waals surface area contributed by atoms with Crippen molar-refractivity contribution in [3.8, 4) is 0 Å². The van der Waals surface area contributed by atoms with Crippen molar-refractivity contribution in [2.45, 2.75) is 167 Å². The summed E-state index contributed by atoms with van der Waals surface area (Å²) >= 11 is 0. The Morgan fingerprint density at radius 2 is 0.797 bits per heavy atom. The minimum atomic E-state index is -1.65. The predicted molar refractivity (Wildman–Crippen MR) is 287 cm³/mol. The van der Waals surface area contributed by atoms with E-state index in [-0.39, 0.29) is 32.7 Å². The molecule has 0 spiro atoms. The lowest BCUT2D eigenvalue weighted by molar-refractivity contribution is -0.870. The summed E-state index contributed by atoms with van der Waals surface area (Å²) in [6, 6.07) is 0. The minimum Gasteiger partial charge on any atom is -0.545 e. The Balaban J connectivity index is 4.48. The van der Waals surface area contributed by atoms with Crippen molar-refractivity contribution in [3.05, 3.63) is 146 Å². The van der Waals surface area contributed by atoms with E-state index in [0.29, 0.717) is 30.3 Å². The van der Waals surface area contributed by atoms with Crippen LogP contribution >= 0.6 is 0 Å². The summed E-state index contributed by atoms with van der Waals surface area (Å²) in [5.41, 5.74) is 0. The lowest BCUT2D eigenvalue weighted by Crippen LogP contribution is -2.44. The third-order valence-corrected chi connectivity index (χ3v) is 10.1. The second-order valence-electron chi connectivity index (χ2n) is 17.7. The molecule has 0 aliphatic carbocycles. The Hall–Kier alpha value is -4.83. The maximum absolute atomic E-state index is 12.8. The standard InChI is InChI=1S/C60H93NO8/c1-6-8-10-12-14-16-18-20-22-23-24-25-26-27-28-29-30-31-32-33-34-35-37-39-41-43-45-47-49-51-58(63)69-56(55-68-60(59(64)65)66-53-52-61(3,4)5)54-67-57(62)50-48-46-44-42-40-38-36-21-19-17-15-13-11-9-7-2/h8-11,14-17,20-22,24-25,27-28,30-31,33-34,36-37,39,43,45,56,60H,6-7,12-13,18-19,23,26,29,32,35,38,40-42,44,46-55H2,1-5H3/b10-8-,11-9-,16-14-,17-15-,22-20-,25-24-,28-27-,31-30-,34-33-,36-21-,39-37-,45-43-. The molecule has 0 saturated carbocycles. The van der Waals surface area contributed by atoms with E-state index in [9.17, 15) is 19.5 Å². The van der Waals surface area contributed by atoms with Gasteiger partial charge in [-0.3, -0.25) is 9.59 Å².